The highest BCUT2D eigenvalue weighted by atomic mass is 79.9. The molecule has 0 spiro atoms. The molecule has 1 aromatic rings. The van der Waals surface area contributed by atoms with Gasteiger partial charge < -0.3 is 5.32 Å². The summed E-state index contributed by atoms with van der Waals surface area (Å²) in [6.45, 7) is 0.442. The molecule has 1 saturated carbocycles. The van der Waals surface area contributed by atoms with E-state index in [-0.39, 0.29) is 11.0 Å². The molecular formula is C14H15BrF3NO. The molecule has 1 fully saturated rings. The minimum absolute atomic E-state index is 0.00673. The van der Waals surface area contributed by atoms with Crippen molar-refractivity contribution in [2.45, 2.75) is 25.7 Å². The second kappa shape index (κ2) is 6.16. The fourth-order valence-electron chi connectivity index (χ4n) is 2.54. The maximum Gasteiger partial charge on any atom is 0.251 e. The Kier molecular flexibility index (Phi) is 4.73. The zero-order chi connectivity index (χ0) is 14.8. The van der Waals surface area contributed by atoms with Crippen LogP contribution in [0.4, 0.5) is 13.2 Å². The monoisotopic (exact) mass is 349 g/mol. The van der Waals surface area contributed by atoms with Gasteiger partial charge in [0.1, 0.15) is 0 Å². The fourth-order valence-corrected chi connectivity index (χ4v) is 3.30. The Morgan fingerprint density at radius 1 is 1.20 bits per heavy atom. The standard InChI is InChI=1S/C14H15BrF3NO/c15-7-14(3-1-2-4-14)8-19-13(20)9-5-10(16)12(18)11(17)6-9/h5-6H,1-4,7-8H2,(H,19,20). The van der Waals surface area contributed by atoms with Crippen molar-refractivity contribution < 1.29 is 18.0 Å². The molecule has 1 amide bonds. The highest BCUT2D eigenvalue weighted by molar-refractivity contribution is 9.09. The van der Waals surface area contributed by atoms with E-state index >= 15 is 0 Å². The van der Waals surface area contributed by atoms with E-state index in [1.165, 1.54) is 0 Å². The van der Waals surface area contributed by atoms with Gasteiger partial charge in [0.05, 0.1) is 0 Å². The number of halogens is 4. The first-order valence-electron chi connectivity index (χ1n) is 6.46. The van der Waals surface area contributed by atoms with Gasteiger partial charge in [0, 0.05) is 17.4 Å². The predicted octanol–water partition coefficient (Wildman–Crippen LogP) is 3.79. The van der Waals surface area contributed by atoms with Crippen LogP contribution in [0.2, 0.25) is 0 Å². The van der Waals surface area contributed by atoms with E-state index in [0.717, 1.165) is 31.0 Å². The number of rotatable bonds is 4. The maximum atomic E-state index is 13.1. The smallest absolute Gasteiger partial charge is 0.251 e. The third kappa shape index (κ3) is 3.16. The summed E-state index contributed by atoms with van der Waals surface area (Å²) in [6, 6.07) is 1.42. The summed E-state index contributed by atoms with van der Waals surface area (Å²) in [5, 5.41) is 3.45. The molecule has 0 heterocycles. The van der Waals surface area contributed by atoms with Crippen LogP contribution in [-0.2, 0) is 0 Å². The van der Waals surface area contributed by atoms with Crippen LogP contribution in [0.15, 0.2) is 12.1 Å². The van der Waals surface area contributed by atoms with Gasteiger partial charge in [-0.3, -0.25) is 4.79 Å². The van der Waals surface area contributed by atoms with E-state index in [4.69, 9.17) is 0 Å². The van der Waals surface area contributed by atoms with Gasteiger partial charge in [0.2, 0.25) is 0 Å². The number of alkyl halides is 1. The highest BCUT2D eigenvalue weighted by Gasteiger charge is 2.33. The molecule has 0 aromatic heterocycles. The SMILES string of the molecule is O=C(NCC1(CBr)CCCC1)c1cc(F)c(F)c(F)c1. The lowest BCUT2D eigenvalue weighted by Gasteiger charge is -2.26. The van der Waals surface area contributed by atoms with Gasteiger partial charge in [-0.05, 0) is 30.4 Å². The molecule has 110 valence electrons. The summed E-state index contributed by atoms with van der Waals surface area (Å²) < 4.78 is 39.0. The lowest BCUT2D eigenvalue weighted by molar-refractivity contribution is 0.0934. The van der Waals surface area contributed by atoms with Gasteiger partial charge in [0.15, 0.2) is 17.5 Å². The molecule has 1 aromatic carbocycles. The van der Waals surface area contributed by atoms with Crippen molar-refractivity contribution in [2.24, 2.45) is 5.41 Å². The first-order chi connectivity index (χ1) is 9.47. The van der Waals surface area contributed by atoms with Crippen LogP contribution in [0.3, 0.4) is 0 Å². The van der Waals surface area contributed by atoms with E-state index in [1.807, 2.05) is 0 Å². The van der Waals surface area contributed by atoms with E-state index in [1.54, 1.807) is 0 Å². The third-order valence-electron chi connectivity index (χ3n) is 3.82. The second-order valence-electron chi connectivity index (χ2n) is 5.28. The molecule has 1 aliphatic rings. The van der Waals surface area contributed by atoms with E-state index in [2.05, 4.69) is 21.2 Å². The second-order valence-corrected chi connectivity index (χ2v) is 5.84. The summed E-state index contributed by atoms with van der Waals surface area (Å²) in [4.78, 5) is 11.9. The van der Waals surface area contributed by atoms with Crippen molar-refractivity contribution in [1.82, 2.24) is 5.32 Å². The van der Waals surface area contributed by atoms with E-state index < -0.39 is 23.4 Å². The maximum absolute atomic E-state index is 13.1. The molecule has 0 unspecified atom stereocenters. The minimum atomic E-state index is -1.56. The molecule has 20 heavy (non-hydrogen) atoms. The minimum Gasteiger partial charge on any atom is -0.351 e. The average molecular weight is 350 g/mol. The molecule has 0 saturated heterocycles. The molecule has 6 heteroatoms. The molecule has 0 radical (unpaired) electrons. The zero-order valence-electron chi connectivity index (χ0n) is 10.8. The van der Waals surface area contributed by atoms with Crippen molar-refractivity contribution >= 4 is 21.8 Å². The summed E-state index contributed by atoms with van der Waals surface area (Å²) in [5.74, 6) is -4.86. The van der Waals surface area contributed by atoms with Crippen LogP contribution in [0, 0.1) is 22.9 Å². The number of carbonyl (C=O) groups excluding carboxylic acids is 1. The highest BCUT2D eigenvalue weighted by Crippen LogP contribution is 2.39. The Hall–Kier alpha value is -1.04. The molecule has 0 aliphatic heterocycles. The average Bonchev–Trinajstić information content (AvgIpc) is 2.91. The van der Waals surface area contributed by atoms with Crippen LogP contribution < -0.4 is 5.32 Å². The van der Waals surface area contributed by atoms with Crippen LogP contribution in [0.25, 0.3) is 0 Å². The van der Waals surface area contributed by atoms with Gasteiger partial charge in [-0.25, -0.2) is 13.2 Å². The fraction of sp³-hybridized carbons (Fsp3) is 0.500. The van der Waals surface area contributed by atoms with Gasteiger partial charge >= 0.3 is 0 Å². The normalized spacial score (nSPS) is 17.2. The van der Waals surface area contributed by atoms with Gasteiger partial charge in [0.25, 0.3) is 5.91 Å². The number of hydrogen-bond acceptors (Lipinski definition) is 1. The quantitative estimate of drug-likeness (QED) is 0.650. The summed E-state index contributed by atoms with van der Waals surface area (Å²) in [7, 11) is 0. The lowest BCUT2D eigenvalue weighted by atomic mass is 9.89. The van der Waals surface area contributed by atoms with Crippen LogP contribution in [0.5, 0.6) is 0 Å². The predicted molar refractivity (Wildman–Crippen MR) is 73.3 cm³/mol. The van der Waals surface area contributed by atoms with Crippen molar-refractivity contribution in [2.75, 3.05) is 11.9 Å². The molecule has 0 bridgehead atoms. The number of amides is 1. The molecule has 1 aliphatic carbocycles. The topological polar surface area (TPSA) is 29.1 Å². The Balaban J connectivity index is 2.05. The van der Waals surface area contributed by atoms with E-state index in [0.29, 0.717) is 18.7 Å². The third-order valence-corrected chi connectivity index (χ3v) is 5.01. The number of benzene rings is 1. The molecule has 2 rings (SSSR count). The lowest BCUT2D eigenvalue weighted by Crippen LogP contribution is -2.37. The van der Waals surface area contributed by atoms with Crippen molar-refractivity contribution in [3.05, 3.63) is 35.1 Å². The Bertz CT molecular complexity index is 492. The van der Waals surface area contributed by atoms with Crippen LogP contribution in [-0.4, -0.2) is 17.8 Å². The molecule has 0 atom stereocenters. The Morgan fingerprint density at radius 3 is 2.25 bits per heavy atom. The number of nitrogens with one attached hydrogen (secondary N) is 1. The largest absolute Gasteiger partial charge is 0.351 e. The Labute approximate surface area is 123 Å². The van der Waals surface area contributed by atoms with Crippen LogP contribution in [0.1, 0.15) is 36.0 Å². The van der Waals surface area contributed by atoms with Crippen molar-refractivity contribution in [3.63, 3.8) is 0 Å². The van der Waals surface area contributed by atoms with Crippen LogP contribution >= 0.6 is 15.9 Å². The summed E-state index contributed by atoms with van der Waals surface area (Å²) >= 11 is 3.45. The molecular weight excluding hydrogens is 335 g/mol. The van der Waals surface area contributed by atoms with Gasteiger partial charge in [-0.2, -0.15) is 0 Å². The Morgan fingerprint density at radius 2 is 1.75 bits per heavy atom. The zero-order valence-corrected chi connectivity index (χ0v) is 12.4. The van der Waals surface area contributed by atoms with Gasteiger partial charge in [-0.1, -0.05) is 28.8 Å². The summed E-state index contributed by atoms with van der Waals surface area (Å²) in [6.07, 6.45) is 4.23. The van der Waals surface area contributed by atoms with Gasteiger partial charge in [-0.15, -0.1) is 0 Å². The number of carbonyl (C=O) groups is 1. The number of hydrogen-bond donors (Lipinski definition) is 1. The van der Waals surface area contributed by atoms with Crippen molar-refractivity contribution in [3.8, 4) is 0 Å². The first-order valence-corrected chi connectivity index (χ1v) is 7.58. The summed E-state index contributed by atoms with van der Waals surface area (Å²) in [5.41, 5.74) is -0.198. The van der Waals surface area contributed by atoms with Crippen molar-refractivity contribution in [1.29, 1.82) is 0 Å². The molecule has 1 N–H and O–H groups in total. The first kappa shape index (κ1) is 15.4. The van der Waals surface area contributed by atoms with E-state index in [9.17, 15) is 18.0 Å². The molecule has 2 nitrogen and oxygen atoms in total.